The van der Waals surface area contributed by atoms with E-state index in [9.17, 15) is 19.5 Å². The van der Waals surface area contributed by atoms with Gasteiger partial charge in [0.25, 0.3) is 6.29 Å². The largest absolute Gasteiger partial charge is 0.477 e. The minimum absolute atomic E-state index is 0.176. The van der Waals surface area contributed by atoms with E-state index in [0.717, 1.165) is 57.8 Å². The van der Waals surface area contributed by atoms with Crippen LogP contribution in [0, 0.1) is 0 Å². The number of rotatable bonds is 82. The molecule has 0 rings (SSSR count). The van der Waals surface area contributed by atoms with Crippen molar-refractivity contribution in [1.82, 2.24) is 0 Å². The molecule has 0 bridgehead atoms. The molecule has 0 aromatic heterocycles. The van der Waals surface area contributed by atoms with Gasteiger partial charge in [-0.05, 0) is 83.5 Å². The summed E-state index contributed by atoms with van der Waals surface area (Å²) in [6, 6.07) is 0. The molecule has 1 N–H and O–H groups in total. The van der Waals surface area contributed by atoms with Crippen LogP contribution < -0.4 is 0 Å². The SMILES string of the molecule is CCCCCCC/C=C\C/C=C\C/C=C\CCCCCCCCCCCCCCCCCCCCCCCCC(=O)OC(COC(=O)CCCCCCCCCCCCCCCCCCCCCCCCCCC/C=C\C/C=C\CCCCCCC)COC(OCC[N+](C)(C)C)C(=O)O. The number of allylic oxidation sites excluding steroid dienone is 10. The van der Waals surface area contributed by atoms with E-state index in [4.69, 9.17) is 18.9 Å². The molecule has 0 aromatic carbocycles. The van der Waals surface area contributed by atoms with E-state index in [0.29, 0.717) is 17.4 Å². The third-order valence-electron chi connectivity index (χ3n) is 19.7. The Morgan fingerprint density at radius 2 is 0.545 bits per heavy atom. The number of carbonyl (C=O) groups is 3. The normalized spacial score (nSPS) is 12.9. The quantitative estimate of drug-likeness (QED) is 0.0211. The van der Waals surface area contributed by atoms with E-state index in [1.165, 1.54) is 353 Å². The van der Waals surface area contributed by atoms with Gasteiger partial charge in [-0.3, -0.25) is 9.59 Å². The first kappa shape index (κ1) is 96.0. The minimum Gasteiger partial charge on any atom is -0.477 e. The Kier molecular flexibility index (Phi) is 78.2. The van der Waals surface area contributed by atoms with Crippen LogP contribution in [-0.4, -0.2) is 87.4 Å². The number of hydrogen-bond acceptors (Lipinski definition) is 7. The van der Waals surface area contributed by atoms with Crippen LogP contribution in [-0.2, 0) is 33.3 Å². The van der Waals surface area contributed by atoms with Crippen molar-refractivity contribution in [3.63, 3.8) is 0 Å². The van der Waals surface area contributed by atoms with Gasteiger partial charge < -0.3 is 28.5 Å². The maximum atomic E-state index is 13.0. The van der Waals surface area contributed by atoms with Gasteiger partial charge in [0.05, 0.1) is 34.4 Å². The highest BCUT2D eigenvalue weighted by Crippen LogP contribution is 2.20. The number of esters is 2. The number of hydrogen-bond donors (Lipinski definition) is 1. The van der Waals surface area contributed by atoms with Crippen molar-refractivity contribution < 1.29 is 42.9 Å². The van der Waals surface area contributed by atoms with Crippen LogP contribution in [0.1, 0.15) is 438 Å². The van der Waals surface area contributed by atoms with Gasteiger partial charge in [0.2, 0.25) is 0 Å². The summed E-state index contributed by atoms with van der Waals surface area (Å²) in [7, 11) is 6.00. The molecule has 0 saturated heterocycles. The molecule has 0 aliphatic carbocycles. The van der Waals surface area contributed by atoms with Crippen LogP contribution in [0.5, 0.6) is 0 Å². The second-order valence-corrected chi connectivity index (χ2v) is 30.8. The van der Waals surface area contributed by atoms with Gasteiger partial charge in [-0.1, -0.05) is 402 Å². The van der Waals surface area contributed by atoms with E-state index in [2.05, 4.69) is 74.6 Å². The summed E-state index contributed by atoms with van der Waals surface area (Å²) in [6.07, 6.45) is 106. The molecule has 0 aliphatic heterocycles. The van der Waals surface area contributed by atoms with Crippen molar-refractivity contribution in [2.75, 3.05) is 47.5 Å². The monoisotopic (exact) mass is 1390 g/mol. The van der Waals surface area contributed by atoms with Crippen LogP contribution in [0.3, 0.4) is 0 Å². The van der Waals surface area contributed by atoms with Gasteiger partial charge in [-0.2, -0.15) is 0 Å². The Labute approximate surface area is 615 Å². The van der Waals surface area contributed by atoms with E-state index in [1.54, 1.807) is 0 Å². The zero-order chi connectivity index (χ0) is 71.8. The first-order chi connectivity index (χ1) is 48.6. The van der Waals surface area contributed by atoms with Crippen LogP contribution in [0.25, 0.3) is 0 Å². The van der Waals surface area contributed by atoms with Crippen molar-refractivity contribution in [3.8, 4) is 0 Å². The van der Waals surface area contributed by atoms with Gasteiger partial charge >= 0.3 is 17.9 Å². The van der Waals surface area contributed by atoms with E-state index < -0.39 is 18.4 Å². The number of aliphatic carboxylic acids is 1. The van der Waals surface area contributed by atoms with Gasteiger partial charge in [0.1, 0.15) is 13.2 Å². The minimum atomic E-state index is -1.51. The number of ether oxygens (including phenoxy) is 4. The lowest BCUT2D eigenvalue weighted by molar-refractivity contribution is -0.870. The lowest BCUT2D eigenvalue weighted by Crippen LogP contribution is -2.40. The predicted octanol–water partition coefficient (Wildman–Crippen LogP) is 28.2. The molecule has 0 radical (unpaired) electrons. The number of nitrogens with zero attached hydrogens (tertiary/aromatic N) is 1. The Hall–Kier alpha value is -3.01. The van der Waals surface area contributed by atoms with E-state index in [-0.39, 0.29) is 38.2 Å². The zero-order valence-corrected chi connectivity index (χ0v) is 66.7. The molecule has 0 spiro atoms. The maximum Gasteiger partial charge on any atom is 0.361 e. The van der Waals surface area contributed by atoms with Crippen molar-refractivity contribution in [2.24, 2.45) is 0 Å². The Bertz CT molecular complexity index is 1820. The first-order valence-corrected chi connectivity index (χ1v) is 43.5. The maximum absolute atomic E-state index is 13.0. The fourth-order valence-electron chi connectivity index (χ4n) is 13.1. The molecular weight excluding hydrogens is 1220 g/mol. The Balaban J connectivity index is 3.93. The van der Waals surface area contributed by atoms with Crippen LogP contribution in [0.4, 0.5) is 0 Å². The highest BCUT2D eigenvalue weighted by Gasteiger charge is 2.25. The lowest BCUT2D eigenvalue weighted by Gasteiger charge is -2.25. The van der Waals surface area contributed by atoms with Crippen LogP contribution in [0.15, 0.2) is 60.8 Å². The first-order valence-electron chi connectivity index (χ1n) is 43.5. The summed E-state index contributed by atoms with van der Waals surface area (Å²) in [5, 5.41) is 9.79. The highest BCUT2D eigenvalue weighted by atomic mass is 16.7. The molecule has 0 heterocycles. The molecule has 9 heteroatoms. The van der Waals surface area contributed by atoms with E-state index >= 15 is 0 Å². The number of carboxylic acids is 1. The molecule has 580 valence electrons. The average molecular weight is 1390 g/mol. The standard InChI is InChI=1S/C90H167NO8/c1-6-8-10-12-14-16-18-20-22-24-26-28-30-32-34-36-38-40-42-44-46-48-50-52-54-56-58-60-62-64-66-68-70-72-74-76-78-80-87(92)97-84-86(85-98-90(89(94)95)96-83-82-91(3,4)5)99-88(93)81-79-77-75-73-71-69-67-65-63-61-59-57-55-53-51-49-47-45-43-41-39-37-35-33-31-29-27-25-23-21-19-17-15-13-11-9-7-2/h18-21,24-27,31,33,86,90H,6-17,22-23,28-30,32,34-85H2,1-5H3/p+1/b20-18-,21-19-,26-24-,27-25-,33-31-. The van der Waals surface area contributed by atoms with Gasteiger partial charge in [-0.15, -0.1) is 0 Å². The van der Waals surface area contributed by atoms with Crippen molar-refractivity contribution in [3.05, 3.63) is 60.8 Å². The zero-order valence-electron chi connectivity index (χ0n) is 66.7. The summed E-state index contributed by atoms with van der Waals surface area (Å²) in [5.41, 5.74) is 0. The predicted molar refractivity (Wildman–Crippen MR) is 429 cm³/mol. The Morgan fingerprint density at radius 1 is 0.303 bits per heavy atom. The summed E-state index contributed by atoms with van der Waals surface area (Å²) in [4.78, 5) is 37.8. The Morgan fingerprint density at radius 3 is 0.808 bits per heavy atom. The van der Waals surface area contributed by atoms with Crippen molar-refractivity contribution in [2.45, 2.75) is 450 Å². The topological polar surface area (TPSA) is 108 Å². The summed E-state index contributed by atoms with van der Waals surface area (Å²) in [5.74, 6) is -1.97. The number of likely N-dealkylation sites (N-methyl/N-ethyl adjacent to an activating group) is 1. The third-order valence-corrected chi connectivity index (χ3v) is 19.7. The smallest absolute Gasteiger partial charge is 0.361 e. The van der Waals surface area contributed by atoms with Crippen molar-refractivity contribution >= 4 is 17.9 Å². The average Bonchev–Trinajstić information content (AvgIpc) is 2.19. The molecule has 0 aromatic rings. The summed E-state index contributed by atoms with van der Waals surface area (Å²) >= 11 is 0. The molecular formula is C90H168NO8+. The van der Waals surface area contributed by atoms with E-state index in [1.807, 2.05) is 21.1 Å². The molecule has 0 fully saturated rings. The fourth-order valence-corrected chi connectivity index (χ4v) is 13.1. The van der Waals surface area contributed by atoms with Gasteiger partial charge in [-0.25, -0.2) is 4.79 Å². The molecule has 2 unspecified atom stereocenters. The number of quaternary nitrogens is 1. The van der Waals surface area contributed by atoms with Crippen LogP contribution in [0.2, 0.25) is 0 Å². The van der Waals surface area contributed by atoms with Gasteiger partial charge in [0.15, 0.2) is 6.10 Å². The number of carbonyl (C=O) groups excluding carboxylic acids is 2. The molecule has 2 atom stereocenters. The van der Waals surface area contributed by atoms with Crippen LogP contribution >= 0.6 is 0 Å². The summed E-state index contributed by atoms with van der Waals surface area (Å²) < 4.78 is 23.1. The second-order valence-electron chi connectivity index (χ2n) is 30.8. The number of unbranched alkanes of at least 4 members (excludes halogenated alkanes) is 57. The molecule has 9 nitrogen and oxygen atoms in total. The molecule has 0 aliphatic rings. The third kappa shape index (κ3) is 82.2. The fraction of sp³-hybridized carbons (Fsp3) is 0.856. The lowest BCUT2D eigenvalue weighted by atomic mass is 10.0. The highest BCUT2D eigenvalue weighted by molar-refractivity contribution is 5.71. The molecule has 0 amide bonds. The second kappa shape index (κ2) is 80.7. The number of carboxylic acid groups (broad SMARTS) is 1. The summed E-state index contributed by atoms with van der Waals surface area (Å²) in [6.45, 7) is 4.93. The molecule has 0 saturated carbocycles. The van der Waals surface area contributed by atoms with Gasteiger partial charge in [0, 0.05) is 12.8 Å². The molecule has 99 heavy (non-hydrogen) atoms. The van der Waals surface area contributed by atoms with Crippen molar-refractivity contribution in [1.29, 1.82) is 0 Å².